The number of hydrogen-bond acceptors (Lipinski definition) is 0. The Morgan fingerprint density at radius 2 is 1.23 bits per heavy atom. The molecule has 0 fully saturated rings. The zero-order valence-electron chi connectivity index (χ0n) is 27.0. The molecule has 0 radical (unpaired) electrons. The van der Waals surface area contributed by atoms with Crippen molar-refractivity contribution in [3.05, 3.63) is 114 Å². The molecule has 0 spiro atoms. The van der Waals surface area contributed by atoms with E-state index in [4.69, 9.17) is 0 Å². The fourth-order valence-electron chi connectivity index (χ4n) is 7.23. The van der Waals surface area contributed by atoms with E-state index in [-0.39, 0.29) is 11.3 Å². The van der Waals surface area contributed by atoms with Crippen molar-refractivity contribution < 1.29 is 0 Å². The first kappa shape index (κ1) is 28.4. The van der Waals surface area contributed by atoms with Crippen LogP contribution < -0.4 is 0 Å². The average Bonchev–Trinajstić information content (AvgIpc) is 3.50. The molecule has 0 bridgehead atoms. The molecule has 0 saturated heterocycles. The van der Waals surface area contributed by atoms with Gasteiger partial charge in [0.2, 0.25) is 0 Å². The SMILES string of the molecule is Cc1c(C)c(C)c2c(c1C)-c1c(C)c(C)c(C)c(C=Cc3ccccc3)c1C2C1=C(C(C)C)C=C(C(C)(C)C)C1. The molecule has 2 aliphatic rings. The van der Waals surface area contributed by atoms with Gasteiger partial charge in [0.05, 0.1) is 0 Å². The van der Waals surface area contributed by atoms with E-state index in [0.29, 0.717) is 5.92 Å². The molecule has 0 N–H and O–H groups in total. The molecular weight excluding hydrogens is 480 g/mol. The van der Waals surface area contributed by atoms with Crippen molar-refractivity contribution in [3.8, 4) is 11.1 Å². The zero-order valence-corrected chi connectivity index (χ0v) is 27.0. The van der Waals surface area contributed by atoms with Crippen molar-refractivity contribution in [1.82, 2.24) is 0 Å². The fraction of sp³-hybridized carbons (Fsp3) is 0.400. The third kappa shape index (κ3) is 4.36. The lowest BCUT2D eigenvalue weighted by Crippen LogP contribution is -2.12. The van der Waals surface area contributed by atoms with Crippen molar-refractivity contribution in [3.63, 3.8) is 0 Å². The maximum atomic E-state index is 2.56. The molecule has 3 aromatic carbocycles. The van der Waals surface area contributed by atoms with Crippen molar-refractivity contribution >= 4 is 12.2 Å². The van der Waals surface area contributed by atoms with E-state index in [0.717, 1.165) is 6.42 Å². The van der Waals surface area contributed by atoms with Gasteiger partial charge in [-0.3, -0.25) is 0 Å². The molecule has 2 aliphatic carbocycles. The molecule has 5 rings (SSSR count). The summed E-state index contributed by atoms with van der Waals surface area (Å²) in [5.74, 6) is 0.774. The Morgan fingerprint density at radius 1 is 0.675 bits per heavy atom. The van der Waals surface area contributed by atoms with Crippen molar-refractivity contribution in [1.29, 1.82) is 0 Å². The van der Waals surface area contributed by atoms with Crippen LogP contribution in [0.25, 0.3) is 23.3 Å². The molecule has 0 saturated carbocycles. The summed E-state index contributed by atoms with van der Waals surface area (Å²) >= 11 is 0. The molecule has 0 amide bonds. The summed E-state index contributed by atoms with van der Waals surface area (Å²) in [5.41, 5.74) is 23.8. The Morgan fingerprint density at radius 3 is 1.80 bits per heavy atom. The van der Waals surface area contributed by atoms with Gasteiger partial charge in [-0.05, 0) is 144 Å². The second-order valence-corrected chi connectivity index (χ2v) is 13.8. The number of fused-ring (bicyclic) bond motifs is 3. The predicted octanol–water partition coefficient (Wildman–Crippen LogP) is 11.5. The van der Waals surface area contributed by atoms with Crippen LogP contribution in [0.4, 0.5) is 0 Å². The summed E-state index contributed by atoms with van der Waals surface area (Å²) in [5, 5.41) is 0. The maximum absolute atomic E-state index is 2.56. The third-order valence-corrected chi connectivity index (χ3v) is 10.3. The fourth-order valence-corrected chi connectivity index (χ4v) is 7.23. The second kappa shape index (κ2) is 10.1. The quantitative estimate of drug-likeness (QED) is 0.295. The van der Waals surface area contributed by atoms with Crippen molar-refractivity contribution in [2.75, 3.05) is 0 Å². The number of rotatable bonds is 4. The van der Waals surface area contributed by atoms with Gasteiger partial charge in [-0.2, -0.15) is 0 Å². The Bertz CT molecular complexity index is 1610. The van der Waals surface area contributed by atoms with E-state index in [2.05, 4.69) is 132 Å². The van der Waals surface area contributed by atoms with Gasteiger partial charge in [0.1, 0.15) is 0 Å². The molecule has 3 aromatic rings. The van der Waals surface area contributed by atoms with Crippen molar-refractivity contribution in [2.24, 2.45) is 11.3 Å². The molecule has 0 heterocycles. The van der Waals surface area contributed by atoms with Crippen molar-refractivity contribution in [2.45, 2.75) is 95.4 Å². The third-order valence-electron chi connectivity index (χ3n) is 10.3. The van der Waals surface area contributed by atoms with Gasteiger partial charge in [0.25, 0.3) is 0 Å². The Kier molecular flexibility index (Phi) is 7.14. The van der Waals surface area contributed by atoms with Crippen LogP contribution in [0.2, 0.25) is 0 Å². The molecular formula is C40H48. The minimum Gasteiger partial charge on any atom is -0.0622 e. The van der Waals surface area contributed by atoms with Crippen LogP contribution in [0.15, 0.2) is 53.1 Å². The summed E-state index contributed by atoms with van der Waals surface area (Å²) in [6, 6.07) is 10.8. The smallest absolute Gasteiger partial charge is 0.0329 e. The largest absolute Gasteiger partial charge is 0.0622 e. The Balaban J connectivity index is 1.90. The summed E-state index contributed by atoms with van der Waals surface area (Å²) in [6.45, 7) is 28.4. The van der Waals surface area contributed by atoms with Crippen LogP contribution >= 0.6 is 0 Å². The van der Waals surface area contributed by atoms with E-state index in [1.165, 1.54) is 66.8 Å². The van der Waals surface area contributed by atoms with E-state index < -0.39 is 0 Å². The highest BCUT2D eigenvalue weighted by Crippen LogP contribution is 2.59. The zero-order chi connectivity index (χ0) is 29.3. The molecule has 0 aliphatic heterocycles. The van der Waals surface area contributed by atoms with E-state index in [9.17, 15) is 0 Å². The van der Waals surface area contributed by atoms with E-state index >= 15 is 0 Å². The highest BCUT2D eigenvalue weighted by molar-refractivity contribution is 5.93. The first-order valence-corrected chi connectivity index (χ1v) is 15.2. The van der Waals surface area contributed by atoms with Crippen LogP contribution in [0.5, 0.6) is 0 Å². The molecule has 1 atom stereocenters. The molecule has 0 nitrogen and oxygen atoms in total. The van der Waals surface area contributed by atoms with Crippen LogP contribution in [-0.4, -0.2) is 0 Å². The van der Waals surface area contributed by atoms with Crippen LogP contribution in [0.3, 0.4) is 0 Å². The first-order valence-electron chi connectivity index (χ1n) is 15.2. The predicted molar refractivity (Wildman–Crippen MR) is 176 cm³/mol. The summed E-state index contributed by atoms with van der Waals surface area (Å²) in [7, 11) is 0. The van der Waals surface area contributed by atoms with Gasteiger partial charge in [0.15, 0.2) is 0 Å². The highest BCUT2D eigenvalue weighted by Gasteiger charge is 2.41. The molecule has 208 valence electrons. The molecule has 0 aromatic heterocycles. The Hall–Kier alpha value is -3.12. The van der Waals surface area contributed by atoms with E-state index in [1.54, 1.807) is 22.3 Å². The van der Waals surface area contributed by atoms with Gasteiger partial charge >= 0.3 is 0 Å². The second-order valence-electron chi connectivity index (χ2n) is 13.8. The lowest BCUT2D eigenvalue weighted by molar-refractivity contribution is 0.492. The molecule has 0 heteroatoms. The van der Waals surface area contributed by atoms with Gasteiger partial charge in [-0.15, -0.1) is 0 Å². The van der Waals surface area contributed by atoms with Gasteiger partial charge in [-0.1, -0.05) is 94.3 Å². The highest BCUT2D eigenvalue weighted by atomic mass is 14.4. The van der Waals surface area contributed by atoms with Gasteiger partial charge in [0, 0.05) is 5.92 Å². The normalized spacial score (nSPS) is 16.8. The molecule has 1 unspecified atom stereocenters. The lowest BCUT2D eigenvalue weighted by atomic mass is 9.77. The van der Waals surface area contributed by atoms with Crippen LogP contribution in [0, 0.1) is 59.8 Å². The first-order chi connectivity index (χ1) is 18.8. The van der Waals surface area contributed by atoms with Gasteiger partial charge < -0.3 is 0 Å². The van der Waals surface area contributed by atoms with Crippen LogP contribution in [-0.2, 0) is 0 Å². The summed E-state index contributed by atoms with van der Waals surface area (Å²) in [6.07, 6.45) is 8.37. The monoisotopic (exact) mass is 528 g/mol. The number of allylic oxidation sites excluding steroid dienone is 4. The standard InChI is InChI=1S/C40H48/c1-22(2)33-20-31(40(10,11)12)21-34(33)39-37-28(8)24(4)23(3)27(7)35(37)36-29(9)25(5)26(6)32(38(36)39)19-18-30-16-14-13-15-17-30/h13-20,22,39H,21H2,1-12H3. The van der Waals surface area contributed by atoms with Crippen LogP contribution in [0.1, 0.15) is 108 Å². The Labute approximate surface area is 243 Å². The lowest BCUT2D eigenvalue weighted by Gasteiger charge is -2.27. The minimum atomic E-state index is 0.162. The minimum absolute atomic E-state index is 0.162. The number of benzene rings is 3. The van der Waals surface area contributed by atoms with Gasteiger partial charge in [-0.25, -0.2) is 0 Å². The maximum Gasteiger partial charge on any atom is 0.0329 e. The summed E-state index contributed by atoms with van der Waals surface area (Å²) < 4.78 is 0. The summed E-state index contributed by atoms with van der Waals surface area (Å²) in [4.78, 5) is 0. The topological polar surface area (TPSA) is 0 Å². The number of hydrogen-bond donors (Lipinski definition) is 0. The van der Waals surface area contributed by atoms with E-state index in [1.807, 2.05) is 0 Å². The molecule has 40 heavy (non-hydrogen) atoms. The average molecular weight is 529 g/mol.